The number of carbonyl (C=O) groups is 2. The lowest BCUT2D eigenvalue weighted by Crippen LogP contribution is -2.36. The molecule has 0 spiro atoms. The van der Waals surface area contributed by atoms with Gasteiger partial charge in [-0.1, -0.05) is 6.42 Å². The largest absolute Gasteiger partial charge is 0.356 e. The molecule has 5 N–H and O–H groups in total. The lowest BCUT2D eigenvalue weighted by atomic mass is 10.0. The fourth-order valence-electron chi connectivity index (χ4n) is 2.86. The van der Waals surface area contributed by atoms with E-state index in [9.17, 15) is 9.59 Å². The number of amides is 3. The molecule has 0 saturated carbocycles. The van der Waals surface area contributed by atoms with E-state index in [-0.39, 0.29) is 18.0 Å². The number of carbonyl (C=O) groups excluding carboxylic acids is 2. The van der Waals surface area contributed by atoms with Crippen molar-refractivity contribution in [2.24, 2.45) is 5.73 Å². The molecule has 2 fully saturated rings. The highest BCUT2D eigenvalue weighted by atomic mass is 32.2. The van der Waals surface area contributed by atoms with Crippen molar-refractivity contribution in [3.05, 3.63) is 0 Å². The van der Waals surface area contributed by atoms with Crippen LogP contribution in [0.25, 0.3) is 0 Å². The first kappa shape index (κ1) is 16.4. The number of nitrogens with one attached hydrogen (secondary N) is 3. The number of urea groups is 1. The number of hydrogen-bond acceptors (Lipinski definition) is 4. The van der Waals surface area contributed by atoms with E-state index in [1.807, 2.05) is 11.8 Å². The molecular formula is C14H26N4O2S. The van der Waals surface area contributed by atoms with Crippen molar-refractivity contribution < 1.29 is 9.59 Å². The van der Waals surface area contributed by atoms with Crippen LogP contribution < -0.4 is 21.7 Å². The predicted octanol–water partition coefficient (Wildman–Crippen LogP) is 0.567. The second kappa shape index (κ2) is 8.48. The molecule has 0 aromatic rings. The average Bonchev–Trinajstić information content (AvgIpc) is 2.99. The quantitative estimate of drug-likeness (QED) is 0.369. The van der Waals surface area contributed by atoms with Crippen LogP contribution in [0, 0.1) is 0 Å². The standard InChI is InChI=1S/C14H26N4O2S/c15-7-3-4-8-16-12(19)6-2-1-5-11-13-10(9-21-11)17-14(20)18-13/h10-11,13H,1-9,15H2,(H,16,19)(H2,17,18,20)/t10-,11+,13-/m1/s1. The topological polar surface area (TPSA) is 96.2 Å². The van der Waals surface area contributed by atoms with Crippen LogP contribution >= 0.6 is 11.8 Å². The van der Waals surface area contributed by atoms with Crippen LogP contribution in [0.2, 0.25) is 0 Å². The van der Waals surface area contributed by atoms with E-state index in [0.29, 0.717) is 24.3 Å². The number of fused-ring (bicyclic) bond motifs is 1. The molecule has 2 aliphatic heterocycles. The SMILES string of the molecule is NCCCCNC(=O)CCCC[C@@H]1SC[C@H]2NC(=O)N[C@@H]12. The second-order valence-electron chi connectivity index (χ2n) is 5.71. The summed E-state index contributed by atoms with van der Waals surface area (Å²) in [4.78, 5) is 22.9. The normalized spacial score (nSPS) is 27.1. The van der Waals surface area contributed by atoms with Crippen molar-refractivity contribution >= 4 is 23.7 Å². The molecule has 0 aromatic carbocycles. The highest BCUT2D eigenvalue weighted by Gasteiger charge is 2.42. The smallest absolute Gasteiger partial charge is 0.315 e. The van der Waals surface area contributed by atoms with Crippen molar-refractivity contribution in [3.63, 3.8) is 0 Å². The van der Waals surface area contributed by atoms with E-state index in [2.05, 4.69) is 16.0 Å². The molecular weight excluding hydrogens is 288 g/mol. The third-order valence-electron chi connectivity index (χ3n) is 4.03. The maximum absolute atomic E-state index is 11.6. The molecule has 3 amide bonds. The highest BCUT2D eigenvalue weighted by Crippen LogP contribution is 2.33. The van der Waals surface area contributed by atoms with Crippen LogP contribution in [0.4, 0.5) is 4.79 Å². The lowest BCUT2D eigenvalue weighted by molar-refractivity contribution is -0.121. The van der Waals surface area contributed by atoms with Crippen molar-refractivity contribution in [1.82, 2.24) is 16.0 Å². The Balaban J connectivity index is 1.52. The molecule has 0 unspecified atom stereocenters. The monoisotopic (exact) mass is 314 g/mol. The molecule has 3 atom stereocenters. The number of thioether (sulfide) groups is 1. The Morgan fingerprint density at radius 3 is 2.95 bits per heavy atom. The van der Waals surface area contributed by atoms with Gasteiger partial charge < -0.3 is 21.7 Å². The molecule has 0 bridgehead atoms. The van der Waals surface area contributed by atoms with E-state index in [0.717, 1.165) is 44.4 Å². The summed E-state index contributed by atoms with van der Waals surface area (Å²) in [7, 11) is 0. The Hall–Kier alpha value is -0.950. The first-order valence-electron chi connectivity index (χ1n) is 7.86. The van der Waals surface area contributed by atoms with Crippen molar-refractivity contribution in [2.45, 2.75) is 55.9 Å². The van der Waals surface area contributed by atoms with Gasteiger partial charge in [0, 0.05) is 24.0 Å². The maximum Gasteiger partial charge on any atom is 0.315 e. The second-order valence-corrected chi connectivity index (χ2v) is 6.99. The Morgan fingerprint density at radius 1 is 1.29 bits per heavy atom. The average molecular weight is 314 g/mol. The van der Waals surface area contributed by atoms with E-state index in [1.54, 1.807) is 0 Å². The number of unbranched alkanes of at least 4 members (excludes halogenated alkanes) is 2. The van der Waals surface area contributed by atoms with Crippen LogP contribution in [-0.4, -0.2) is 48.1 Å². The molecule has 2 rings (SSSR count). The molecule has 2 aliphatic rings. The van der Waals surface area contributed by atoms with E-state index in [4.69, 9.17) is 5.73 Å². The van der Waals surface area contributed by atoms with Gasteiger partial charge in [0.2, 0.25) is 5.91 Å². The third-order valence-corrected chi connectivity index (χ3v) is 5.54. The Bertz CT molecular complexity index is 367. The summed E-state index contributed by atoms with van der Waals surface area (Å²) in [5.74, 6) is 1.13. The minimum atomic E-state index is -0.0350. The van der Waals surface area contributed by atoms with Gasteiger partial charge in [0.25, 0.3) is 0 Å². The molecule has 2 heterocycles. The summed E-state index contributed by atoms with van der Waals surface area (Å²) in [6.07, 6.45) is 5.52. The summed E-state index contributed by atoms with van der Waals surface area (Å²) in [6.45, 7) is 1.42. The Labute approximate surface area is 130 Å². The van der Waals surface area contributed by atoms with Crippen molar-refractivity contribution in [1.29, 1.82) is 0 Å². The minimum Gasteiger partial charge on any atom is -0.356 e. The Morgan fingerprint density at radius 2 is 2.14 bits per heavy atom. The molecule has 0 aliphatic carbocycles. The molecule has 6 nitrogen and oxygen atoms in total. The van der Waals surface area contributed by atoms with Gasteiger partial charge >= 0.3 is 6.03 Å². The zero-order valence-corrected chi connectivity index (χ0v) is 13.2. The first-order valence-corrected chi connectivity index (χ1v) is 8.91. The number of nitrogens with two attached hydrogens (primary N) is 1. The van der Waals surface area contributed by atoms with Gasteiger partial charge in [-0.05, 0) is 32.2 Å². The fraction of sp³-hybridized carbons (Fsp3) is 0.857. The van der Waals surface area contributed by atoms with Gasteiger partial charge in [-0.3, -0.25) is 4.79 Å². The van der Waals surface area contributed by atoms with E-state index in [1.165, 1.54) is 0 Å². The first-order chi connectivity index (χ1) is 10.2. The third kappa shape index (κ3) is 5.07. The van der Waals surface area contributed by atoms with Crippen LogP contribution in [-0.2, 0) is 4.79 Å². The van der Waals surface area contributed by atoms with Crippen LogP contribution in [0.1, 0.15) is 38.5 Å². The van der Waals surface area contributed by atoms with Crippen molar-refractivity contribution in [3.8, 4) is 0 Å². The zero-order valence-electron chi connectivity index (χ0n) is 12.4. The van der Waals surface area contributed by atoms with Crippen molar-refractivity contribution in [2.75, 3.05) is 18.8 Å². The van der Waals surface area contributed by atoms with Crippen LogP contribution in [0.3, 0.4) is 0 Å². The molecule has 21 heavy (non-hydrogen) atoms. The fourth-order valence-corrected chi connectivity index (χ4v) is 4.40. The van der Waals surface area contributed by atoms with Gasteiger partial charge in [0.05, 0.1) is 12.1 Å². The zero-order chi connectivity index (χ0) is 15.1. The number of hydrogen-bond donors (Lipinski definition) is 4. The van der Waals surface area contributed by atoms with Gasteiger partial charge in [0.1, 0.15) is 0 Å². The summed E-state index contributed by atoms with van der Waals surface area (Å²) >= 11 is 1.93. The van der Waals surface area contributed by atoms with Crippen LogP contribution in [0.15, 0.2) is 0 Å². The maximum atomic E-state index is 11.6. The van der Waals surface area contributed by atoms with E-state index >= 15 is 0 Å². The van der Waals surface area contributed by atoms with E-state index < -0.39 is 0 Å². The molecule has 120 valence electrons. The summed E-state index contributed by atoms with van der Waals surface area (Å²) in [5, 5.41) is 9.35. The Kier molecular flexibility index (Phi) is 6.63. The predicted molar refractivity (Wildman–Crippen MR) is 85.3 cm³/mol. The molecule has 2 saturated heterocycles. The van der Waals surface area contributed by atoms with Gasteiger partial charge in [-0.2, -0.15) is 11.8 Å². The summed E-state index contributed by atoms with van der Waals surface area (Å²) < 4.78 is 0. The number of rotatable bonds is 9. The summed E-state index contributed by atoms with van der Waals surface area (Å²) in [5.41, 5.74) is 5.40. The highest BCUT2D eigenvalue weighted by molar-refractivity contribution is 8.00. The molecule has 0 radical (unpaired) electrons. The minimum absolute atomic E-state index is 0.0350. The molecule has 7 heteroatoms. The lowest BCUT2D eigenvalue weighted by Gasteiger charge is -2.16. The van der Waals surface area contributed by atoms with Gasteiger partial charge in [-0.25, -0.2) is 4.79 Å². The van der Waals surface area contributed by atoms with Gasteiger partial charge in [0.15, 0.2) is 0 Å². The van der Waals surface area contributed by atoms with Crippen LogP contribution in [0.5, 0.6) is 0 Å². The van der Waals surface area contributed by atoms with Gasteiger partial charge in [-0.15, -0.1) is 0 Å². The summed E-state index contributed by atoms with van der Waals surface area (Å²) in [6, 6.07) is 0.526. The molecule has 0 aromatic heterocycles.